The fraction of sp³-hybridized carbons (Fsp3) is 0.357. The van der Waals surface area contributed by atoms with Crippen LogP contribution in [0.4, 0.5) is 5.95 Å². The first-order valence-electron chi connectivity index (χ1n) is 6.78. The van der Waals surface area contributed by atoms with Crippen LogP contribution in [0.3, 0.4) is 0 Å². The standard InChI is InChI=1S/C14H16N4O3/c19-13(20)12-11(2-9-21-12)10-17-5-7-18(8-6-17)14-15-3-1-4-16-14/h1-4,9H,5-8,10H2,(H,19,20). The maximum atomic E-state index is 11.0. The monoisotopic (exact) mass is 288 g/mol. The molecule has 0 atom stereocenters. The van der Waals surface area contributed by atoms with Crippen molar-refractivity contribution >= 4 is 11.9 Å². The molecule has 1 saturated heterocycles. The zero-order valence-corrected chi connectivity index (χ0v) is 11.5. The Labute approximate surface area is 121 Å². The molecule has 2 aromatic rings. The van der Waals surface area contributed by atoms with E-state index in [4.69, 9.17) is 9.52 Å². The van der Waals surface area contributed by atoms with Crippen LogP contribution in [0.5, 0.6) is 0 Å². The van der Waals surface area contributed by atoms with Crippen LogP contribution >= 0.6 is 0 Å². The third-order valence-corrected chi connectivity index (χ3v) is 3.54. The van der Waals surface area contributed by atoms with Gasteiger partial charge in [0, 0.05) is 50.7 Å². The number of nitrogens with zero attached hydrogens (tertiary/aromatic N) is 4. The Hall–Kier alpha value is -2.41. The number of aromatic nitrogens is 2. The molecule has 0 bridgehead atoms. The van der Waals surface area contributed by atoms with Gasteiger partial charge < -0.3 is 14.4 Å². The number of hydrogen-bond acceptors (Lipinski definition) is 6. The minimum absolute atomic E-state index is 0.0313. The SMILES string of the molecule is O=C(O)c1occc1CN1CCN(c2ncccn2)CC1. The molecule has 1 aliphatic rings. The number of carboxylic acids is 1. The van der Waals surface area contributed by atoms with Crippen LogP contribution in [0.15, 0.2) is 35.2 Å². The number of aromatic carboxylic acids is 1. The zero-order valence-electron chi connectivity index (χ0n) is 11.5. The fourth-order valence-corrected chi connectivity index (χ4v) is 2.45. The van der Waals surface area contributed by atoms with Crippen molar-refractivity contribution in [3.8, 4) is 0 Å². The van der Waals surface area contributed by atoms with Crippen LogP contribution in [-0.2, 0) is 6.54 Å². The van der Waals surface area contributed by atoms with Crippen molar-refractivity contribution in [3.63, 3.8) is 0 Å². The quantitative estimate of drug-likeness (QED) is 0.901. The van der Waals surface area contributed by atoms with E-state index in [9.17, 15) is 4.79 Å². The number of anilines is 1. The van der Waals surface area contributed by atoms with Gasteiger partial charge in [0.15, 0.2) is 0 Å². The number of hydrogen-bond donors (Lipinski definition) is 1. The molecule has 1 fully saturated rings. The first-order valence-corrected chi connectivity index (χ1v) is 6.78. The summed E-state index contributed by atoms with van der Waals surface area (Å²) in [6.07, 6.45) is 4.89. The molecule has 0 amide bonds. The van der Waals surface area contributed by atoms with Crippen molar-refractivity contribution < 1.29 is 14.3 Å². The van der Waals surface area contributed by atoms with Crippen molar-refractivity contribution in [2.45, 2.75) is 6.54 Å². The molecule has 7 heteroatoms. The molecule has 0 saturated carbocycles. The highest BCUT2D eigenvalue weighted by Gasteiger charge is 2.21. The lowest BCUT2D eigenvalue weighted by molar-refractivity contribution is 0.0659. The average molecular weight is 288 g/mol. The van der Waals surface area contributed by atoms with Crippen LogP contribution in [-0.4, -0.2) is 52.1 Å². The molecule has 2 aromatic heterocycles. The zero-order chi connectivity index (χ0) is 14.7. The predicted molar refractivity (Wildman–Crippen MR) is 75.2 cm³/mol. The molecule has 21 heavy (non-hydrogen) atoms. The van der Waals surface area contributed by atoms with Gasteiger partial charge in [-0.2, -0.15) is 0 Å². The van der Waals surface area contributed by atoms with Gasteiger partial charge in [-0.3, -0.25) is 4.90 Å². The lowest BCUT2D eigenvalue weighted by Crippen LogP contribution is -2.46. The number of furan rings is 1. The van der Waals surface area contributed by atoms with E-state index in [1.807, 2.05) is 0 Å². The smallest absolute Gasteiger partial charge is 0.372 e. The average Bonchev–Trinajstić information content (AvgIpc) is 2.97. The third-order valence-electron chi connectivity index (χ3n) is 3.54. The second-order valence-corrected chi connectivity index (χ2v) is 4.89. The molecule has 3 heterocycles. The Bertz CT molecular complexity index is 606. The predicted octanol–water partition coefficient (Wildman–Crippen LogP) is 1.09. The summed E-state index contributed by atoms with van der Waals surface area (Å²) >= 11 is 0. The number of piperazine rings is 1. The highest BCUT2D eigenvalue weighted by molar-refractivity contribution is 5.86. The second kappa shape index (κ2) is 5.92. The molecule has 3 rings (SSSR count). The molecule has 1 aliphatic heterocycles. The van der Waals surface area contributed by atoms with E-state index in [0.29, 0.717) is 12.1 Å². The first-order chi connectivity index (χ1) is 10.2. The Kier molecular flexibility index (Phi) is 3.83. The molecular formula is C14H16N4O3. The van der Waals surface area contributed by atoms with E-state index >= 15 is 0 Å². The van der Waals surface area contributed by atoms with Gasteiger partial charge in [-0.15, -0.1) is 0 Å². The number of rotatable bonds is 4. The van der Waals surface area contributed by atoms with Gasteiger partial charge >= 0.3 is 5.97 Å². The van der Waals surface area contributed by atoms with E-state index < -0.39 is 5.97 Å². The molecule has 0 aliphatic carbocycles. The highest BCUT2D eigenvalue weighted by atomic mass is 16.4. The van der Waals surface area contributed by atoms with Gasteiger partial charge in [-0.25, -0.2) is 14.8 Å². The van der Waals surface area contributed by atoms with Crippen LogP contribution < -0.4 is 4.90 Å². The van der Waals surface area contributed by atoms with Crippen LogP contribution in [0.25, 0.3) is 0 Å². The van der Waals surface area contributed by atoms with Gasteiger partial charge in [0.1, 0.15) is 0 Å². The minimum Gasteiger partial charge on any atom is -0.475 e. The summed E-state index contributed by atoms with van der Waals surface area (Å²) in [6.45, 7) is 3.90. The lowest BCUT2D eigenvalue weighted by Gasteiger charge is -2.34. The van der Waals surface area contributed by atoms with Crippen LogP contribution in [0, 0.1) is 0 Å². The van der Waals surface area contributed by atoms with E-state index in [1.165, 1.54) is 6.26 Å². The molecule has 110 valence electrons. The lowest BCUT2D eigenvalue weighted by atomic mass is 10.2. The van der Waals surface area contributed by atoms with Gasteiger partial charge in [0.05, 0.1) is 6.26 Å². The molecular weight excluding hydrogens is 272 g/mol. The largest absolute Gasteiger partial charge is 0.475 e. The second-order valence-electron chi connectivity index (χ2n) is 4.89. The summed E-state index contributed by atoms with van der Waals surface area (Å²) < 4.78 is 5.00. The highest BCUT2D eigenvalue weighted by Crippen LogP contribution is 2.16. The van der Waals surface area contributed by atoms with Crippen molar-refractivity contribution in [3.05, 3.63) is 42.1 Å². The Morgan fingerprint density at radius 3 is 2.62 bits per heavy atom. The van der Waals surface area contributed by atoms with Crippen molar-refractivity contribution in [1.29, 1.82) is 0 Å². The van der Waals surface area contributed by atoms with Gasteiger partial charge in [-0.05, 0) is 12.1 Å². The summed E-state index contributed by atoms with van der Waals surface area (Å²) in [7, 11) is 0. The number of carboxylic acid groups (broad SMARTS) is 1. The van der Waals surface area contributed by atoms with Crippen molar-refractivity contribution in [2.24, 2.45) is 0 Å². The Morgan fingerprint density at radius 1 is 1.24 bits per heavy atom. The van der Waals surface area contributed by atoms with Crippen molar-refractivity contribution in [1.82, 2.24) is 14.9 Å². The normalized spacial score (nSPS) is 16.1. The minimum atomic E-state index is -1.02. The Morgan fingerprint density at radius 2 is 1.95 bits per heavy atom. The van der Waals surface area contributed by atoms with E-state index in [0.717, 1.165) is 32.1 Å². The van der Waals surface area contributed by atoms with Gasteiger partial charge in [0.25, 0.3) is 0 Å². The fourth-order valence-electron chi connectivity index (χ4n) is 2.45. The Balaban J connectivity index is 1.59. The summed E-state index contributed by atoms with van der Waals surface area (Å²) in [6, 6.07) is 3.52. The van der Waals surface area contributed by atoms with E-state index in [-0.39, 0.29) is 5.76 Å². The molecule has 0 aromatic carbocycles. The first kappa shape index (κ1) is 13.6. The summed E-state index contributed by atoms with van der Waals surface area (Å²) in [5.41, 5.74) is 0.715. The summed E-state index contributed by atoms with van der Waals surface area (Å²) in [5, 5.41) is 9.04. The molecule has 1 N–H and O–H groups in total. The molecule has 7 nitrogen and oxygen atoms in total. The molecule has 0 spiro atoms. The molecule has 0 radical (unpaired) electrons. The van der Waals surface area contributed by atoms with Crippen molar-refractivity contribution in [2.75, 3.05) is 31.1 Å². The van der Waals surface area contributed by atoms with Crippen LogP contribution in [0.2, 0.25) is 0 Å². The summed E-state index contributed by atoms with van der Waals surface area (Å²) in [5.74, 6) is -0.248. The van der Waals surface area contributed by atoms with Gasteiger partial charge in [-0.1, -0.05) is 0 Å². The maximum Gasteiger partial charge on any atom is 0.372 e. The van der Waals surface area contributed by atoms with Crippen LogP contribution in [0.1, 0.15) is 16.1 Å². The number of carbonyl (C=O) groups is 1. The summed E-state index contributed by atoms with van der Waals surface area (Å²) in [4.78, 5) is 23.8. The van der Waals surface area contributed by atoms with E-state index in [2.05, 4.69) is 19.8 Å². The third kappa shape index (κ3) is 3.03. The van der Waals surface area contributed by atoms with Gasteiger partial charge in [0.2, 0.25) is 11.7 Å². The van der Waals surface area contributed by atoms with E-state index in [1.54, 1.807) is 24.5 Å². The molecule has 0 unspecified atom stereocenters. The maximum absolute atomic E-state index is 11.0. The topological polar surface area (TPSA) is 82.7 Å².